The summed E-state index contributed by atoms with van der Waals surface area (Å²) in [7, 11) is 0. The molecule has 0 radical (unpaired) electrons. The van der Waals surface area contributed by atoms with Gasteiger partial charge in [0.15, 0.2) is 0 Å². The van der Waals surface area contributed by atoms with E-state index in [2.05, 4.69) is 5.10 Å². The average Bonchev–Trinajstić information content (AvgIpc) is 2.64. The molecule has 0 unspecified atom stereocenters. The van der Waals surface area contributed by atoms with Crippen molar-refractivity contribution in [1.82, 2.24) is 9.78 Å². The summed E-state index contributed by atoms with van der Waals surface area (Å²) in [6, 6.07) is 5.51. The maximum atomic E-state index is 11.4. The Labute approximate surface area is 112 Å². The summed E-state index contributed by atoms with van der Waals surface area (Å²) < 4.78 is 1.90. The predicted octanol–water partition coefficient (Wildman–Crippen LogP) is 3.19. The summed E-state index contributed by atoms with van der Waals surface area (Å²) >= 11 is 0. The van der Waals surface area contributed by atoms with Gasteiger partial charge in [0.25, 0.3) is 0 Å². The van der Waals surface area contributed by atoms with Gasteiger partial charge in [0.1, 0.15) is 0 Å². The Morgan fingerprint density at radius 3 is 2.53 bits per heavy atom. The molecule has 100 valence electrons. The Hall–Kier alpha value is -2.10. The Bertz CT molecular complexity index is 642. The molecule has 0 saturated carbocycles. The minimum Gasteiger partial charge on any atom is -0.478 e. The lowest BCUT2D eigenvalue weighted by Crippen LogP contribution is -2.02. The van der Waals surface area contributed by atoms with Crippen LogP contribution in [0.25, 0.3) is 11.1 Å². The first-order valence-electron chi connectivity index (χ1n) is 6.34. The third kappa shape index (κ3) is 2.26. The predicted molar refractivity (Wildman–Crippen MR) is 74.5 cm³/mol. The Morgan fingerprint density at radius 2 is 2.00 bits per heavy atom. The van der Waals surface area contributed by atoms with Crippen molar-refractivity contribution in [2.75, 3.05) is 0 Å². The molecule has 4 nitrogen and oxygen atoms in total. The lowest BCUT2D eigenvalue weighted by atomic mass is 9.96. The molecule has 0 bridgehead atoms. The Kier molecular flexibility index (Phi) is 3.42. The quantitative estimate of drug-likeness (QED) is 0.919. The second-order valence-electron chi connectivity index (χ2n) is 4.72. The van der Waals surface area contributed by atoms with Crippen LogP contribution in [-0.2, 0) is 6.54 Å². The molecule has 1 heterocycles. The van der Waals surface area contributed by atoms with Crippen LogP contribution in [-0.4, -0.2) is 20.9 Å². The number of aryl methyl sites for hydroxylation is 3. The number of carbonyl (C=O) groups is 1. The van der Waals surface area contributed by atoms with Crippen LogP contribution in [0.4, 0.5) is 0 Å². The van der Waals surface area contributed by atoms with Gasteiger partial charge in [0.2, 0.25) is 0 Å². The minimum absolute atomic E-state index is 0.335. The monoisotopic (exact) mass is 258 g/mol. The molecule has 1 aromatic carbocycles. The summed E-state index contributed by atoms with van der Waals surface area (Å²) in [4.78, 5) is 11.4. The van der Waals surface area contributed by atoms with E-state index < -0.39 is 5.97 Å². The molecule has 4 heteroatoms. The fourth-order valence-electron chi connectivity index (χ4n) is 2.45. The zero-order valence-electron chi connectivity index (χ0n) is 11.7. The molecule has 1 N–H and O–H groups in total. The number of nitrogens with zero attached hydrogens (tertiary/aromatic N) is 2. The number of carboxylic acids is 1. The standard InChI is InChI=1S/C15H18N2O2/c1-5-17-11(4)14(10(3)16-17)12-7-6-9(2)8-13(12)15(18)19/h6-8H,5H2,1-4H3,(H,18,19). The molecule has 19 heavy (non-hydrogen) atoms. The van der Waals surface area contributed by atoms with Crippen molar-refractivity contribution in [2.45, 2.75) is 34.2 Å². The van der Waals surface area contributed by atoms with Crippen LogP contribution >= 0.6 is 0 Å². The van der Waals surface area contributed by atoms with E-state index in [9.17, 15) is 9.90 Å². The van der Waals surface area contributed by atoms with Crippen LogP contribution in [0.1, 0.15) is 34.2 Å². The van der Waals surface area contributed by atoms with Crippen molar-refractivity contribution in [1.29, 1.82) is 0 Å². The fraction of sp³-hybridized carbons (Fsp3) is 0.333. The van der Waals surface area contributed by atoms with E-state index in [1.54, 1.807) is 6.07 Å². The number of benzene rings is 1. The smallest absolute Gasteiger partial charge is 0.336 e. The van der Waals surface area contributed by atoms with Crippen molar-refractivity contribution in [3.8, 4) is 11.1 Å². The van der Waals surface area contributed by atoms with Crippen molar-refractivity contribution in [3.05, 3.63) is 40.7 Å². The van der Waals surface area contributed by atoms with E-state index in [0.29, 0.717) is 5.56 Å². The number of rotatable bonds is 3. The van der Waals surface area contributed by atoms with Crippen molar-refractivity contribution >= 4 is 5.97 Å². The van der Waals surface area contributed by atoms with Gasteiger partial charge in [-0.3, -0.25) is 4.68 Å². The number of hydrogen-bond acceptors (Lipinski definition) is 2. The zero-order valence-corrected chi connectivity index (χ0v) is 11.7. The highest BCUT2D eigenvalue weighted by Gasteiger charge is 2.18. The van der Waals surface area contributed by atoms with E-state index in [0.717, 1.165) is 34.6 Å². The first-order chi connectivity index (χ1) is 8.95. The number of aromatic carboxylic acids is 1. The lowest BCUT2D eigenvalue weighted by molar-refractivity contribution is 0.0697. The van der Waals surface area contributed by atoms with E-state index in [1.807, 2.05) is 44.5 Å². The van der Waals surface area contributed by atoms with Gasteiger partial charge in [-0.05, 0) is 39.3 Å². The van der Waals surface area contributed by atoms with E-state index in [-0.39, 0.29) is 0 Å². The molecule has 0 amide bonds. The highest BCUT2D eigenvalue weighted by Crippen LogP contribution is 2.30. The summed E-state index contributed by atoms with van der Waals surface area (Å²) in [5, 5.41) is 13.8. The summed E-state index contributed by atoms with van der Waals surface area (Å²) in [6.45, 7) is 8.59. The zero-order chi connectivity index (χ0) is 14.2. The normalized spacial score (nSPS) is 10.7. The Balaban J connectivity index is 2.72. The van der Waals surface area contributed by atoms with E-state index in [4.69, 9.17) is 0 Å². The molecule has 0 aliphatic carbocycles. The SMILES string of the molecule is CCn1nc(C)c(-c2ccc(C)cc2C(=O)O)c1C. The van der Waals surface area contributed by atoms with Crippen LogP contribution in [0.15, 0.2) is 18.2 Å². The van der Waals surface area contributed by atoms with Gasteiger partial charge in [-0.15, -0.1) is 0 Å². The number of hydrogen-bond donors (Lipinski definition) is 1. The van der Waals surface area contributed by atoms with Crippen LogP contribution in [0, 0.1) is 20.8 Å². The summed E-state index contributed by atoms with van der Waals surface area (Å²) in [5.74, 6) is -0.901. The minimum atomic E-state index is -0.901. The first kappa shape index (κ1) is 13.3. The van der Waals surface area contributed by atoms with E-state index in [1.165, 1.54) is 0 Å². The van der Waals surface area contributed by atoms with Crippen LogP contribution in [0.2, 0.25) is 0 Å². The molecular formula is C15H18N2O2. The van der Waals surface area contributed by atoms with Crippen molar-refractivity contribution in [3.63, 3.8) is 0 Å². The fourth-order valence-corrected chi connectivity index (χ4v) is 2.45. The third-order valence-corrected chi connectivity index (χ3v) is 3.36. The molecule has 0 aliphatic rings. The van der Waals surface area contributed by atoms with E-state index >= 15 is 0 Å². The maximum absolute atomic E-state index is 11.4. The summed E-state index contributed by atoms with van der Waals surface area (Å²) in [5.41, 5.74) is 4.82. The third-order valence-electron chi connectivity index (χ3n) is 3.36. The molecule has 0 spiro atoms. The lowest BCUT2D eigenvalue weighted by Gasteiger charge is -2.08. The van der Waals surface area contributed by atoms with Crippen molar-refractivity contribution < 1.29 is 9.90 Å². The van der Waals surface area contributed by atoms with Crippen LogP contribution < -0.4 is 0 Å². The van der Waals surface area contributed by atoms with Crippen LogP contribution in [0.5, 0.6) is 0 Å². The molecule has 0 aliphatic heterocycles. The van der Waals surface area contributed by atoms with Gasteiger partial charge >= 0.3 is 5.97 Å². The van der Waals surface area contributed by atoms with Gasteiger partial charge < -0.3 is 5.11 Å². The average molecular weight is 258 g/mol. The number of aromatic nitrogens is 2. The highest BCUT2D eigenvalue weighted by molar-refractivity contribution is 5.97. The highest BCUT2D eigenvalue weighted by atomic mass is 16.4. The van der Waals surface area contributed by atoms with Gasteiger partial charge in [-0.2, -0.15) is 5.10 Å². The second kappa shape index (κ2) is 4.88. The Morgan fingerprint density at radius 1 is 1.32 bits per heavy atom. The molecule has 2 aromatic rings. The number of carboxylic acid groups (broad SMARTS) is 1. The molecule has 0 atom stereocenters. The van der Waals surface area contributed by atoms with Gasteiger partial charge in [0, 0.05) is 17.8 Å². The van der Waals surface area contributed by atoms with Gasteiger partial charge in [-0.1, -0.05) is 17.7 Å². The largest absolute Gasteiger partial charge is 0.478 e. The molecule has 2 rings (SSSR count). The topological polar surface area (TPSA) is 55.1 Å². The first-order valence-corrected chi connectivity index (χ1v) is 6.34. The molecule has 0 fully saturated rings. The maximum Gasteiger partial charge on any atom is 0.336 e. The second-order valence-corrected chi connectivity index (χ2v) is 4.72. The van der Waals surface area contributed by atoms with Gasteiger partial charge in [-0.25, -0.2) is 4.79 Å². The molecule has 0 saturated heterocycles. The van der Waals surface area contributed by atoms with Gasteiger partial charge in [0.05, 0.1) is 11.3 Å². The summed E-state index contributed by atoms with van der Waals surface area (Å²) in [6.07, 6.45) is 0. The molecular weight excluding hydrogens is 240 g/mol. The van der Waals surface area contributed by atoms with Crippen LogP contribution in [0.3, 0.4) is 0 Å². The molecule has 1 aromatic heterocycles. The van der Waals surface area contributed by atoms with Crippen molar-refractivity contribution in [2.24, 2.45) is 0 Å².